The maximum atomic E-state index is 13.4. The maximum Gasteiger partial charge on any atom is 0.347 e. The molecule has 34 heavy (non-hydrogen) atoms. The number of fused-ring (bicyclic) bond motifs is 1. The summed E-state index contributed by atoms with van der Waals surface area (Å²) >= 11 is 7.71. The third kappa shape index (κ3) is 4.79. The molecule has 3 aromatic carbocycles. The first-order chi connectivity index (χ1) is 16.5. The first kappa shape index (κ1) is 22.5. The van der Waals surface area contributed by atoms with Crippen molar-refractivity contribution in [2.75, 3.05) is 11.9 Å². The summed E-state index contributed by atoms with van der Waals surface area (Å²) in [6.07, 6.45) is 1.53. The number of nitrogens with zero attached hydrogens (tertiary/aromatic N) is 1. The van der Waals surface area contributed by atoms with Crippen LogP contribution in [0.15, 0.2) is 60.7 Å². The molecule has 5 rings (SSSR count). The molecule has 1 saturated heterocycles. The number of hydrogen-bond acceptors (Lipinski definition) is 7. The quantitative estimate of drug-likeness (QED) is 0.263. The van der Waals surface area contributed by atoms with E-state index in [1.807, 2.05) is 24.3 Å². The van der Waals surface area contributed by atoms with Crippen molar-refractivity contribution >= 4 is 55.9 Å². The van der Waals surface area contributed by atoms with Crippen LogP contribution >= 0.6 is 22.9 Å². The second-order valence-electron chi connectivity index (χ2n) is 7.89. The summed E-state index contributed by atoms with van der Waals surface area (Å²) in [6, 6.07) is 16.7. The number of ether oxygens (including phenoxy) is 1. The summed E-state index contributed by atoms with van der Waals surface area (Å²) in [5, 5.41) is 7.11. The van der Waals surface area contributed by atoms with Gasteiger partial charge in [-0.25, -0.2) is 19.0 Å². The van der Waals surface area contributed by atoms with Gasteiger partial charge in [0.15, 0.2) is 5.13 Å². The van der Waals surface area contributed by atoms with E-state index in [1.165, 1.54) is 23.5 Å². The van der Waals surface area contributed by atoms with Gasteiger partial charge in [0, 0.05) is 5.69 Å². The Morgan fingerprint density at radius 1 is 1.09 bits per heavy atom. The highest BCUT2D eigenvalue weighted by Crippen LogP contribution is 2.31. The molecule has 2 N–H and O–H groups in total. The Morgan fingerprint density at radius 2 is 1.88 bits per heavy atom. The Morgan fingerprint density at radius 3 is 2.62 bits per heavy atom. The summed E-state index contributed by atoms with van der Waals surface area (Å²) in [6.45, 7) is 0.734. The van der Waals surface area contributed by atoms with E-state index >= 15 is 0 Å². The van der Waals surface area contributed by atoms with E-state index < -0.39 is 18.0 Å². The van der Waals surface area contributed by atoms with Gasteiger partial charge in [0.25, 0.3) is 0 Å². The summed E-state index contributed by atoms with van der Waals surface area (Å²) in [4.78, 5) is 28.9. The van der Waals surface area contributed by atoms with Crippen LogP contribution in [0.5, 0.6) is 0 Å². The van der Waals surface area contributed by atoms with Gasteiger partial charge < -0.3 is 15.4 Å². The molecule has 0 spiro atoms. The highest BCUT2D eigenvalue weighted by molar-refractivity contribution is 7.22. The highest BCUT2D eigenvalue weighted by atomic mass is 35.5. The van der Waals surface area contributed by atoms with Crippen LogP contribution in [-0.4, -0.2) is 29.5 Å². The molecule has 6 nitrogen and oxygen atoms in total. The molecule has 1 aliphatic rings. The second kappa shape index (κ2) is 9.50. The molecule has 0 radical (unpaired) electrons. The number of aromatic nitrogens is 1. The van der Waals surface area contributed by atoms with E-state index in [0.29, 0.717) is 11.6 Å². The number of thiazole rings is 1. The highest BCUT2D eigenvalue weighted by Gasteiger charge is 2.26. The molecule has 1 aromatic heterocycles. The monoisotopic (exact) mass is 495 g/mol. The topological polar surface area (TPSA) is 80.3 Å². The molecule has 1 fully saturated rings. The molecule has 0 bridgehead atoms. The van der Waals surface area contributed by atoms with Gasteiger partial charge in [0.2, 0.25) is 0 Å². The van der Waals surface area contributed by atoms with Crippen molar-refractivity contribution in [3.05, 3.63) is 77.1 Å². The largest absolute Gasteiger partial charge is 0.388 e. The molecule has 0 amide bonds. The molecule has 0 saturated carbocycles. The van der Waals surface area contributed by atoms with Gasteiger partial charge in [-0.05, 0) is 73.0 Å². The summed E-state index contributed by atoms with van der Waals surface area (Å²) in [5.41, 5.74) is 3.41. The van der Waals surface area contributed by atoms with Crippen LogP contribution in [0, 0.1) is 5.82 Å². The minimum atomic E-state index is -0.759. The Labute approximate surface area is 203 Å². The zero-order valence-electron chi connectivity index (χ0n) is 17.8. The molecule has 4 aromatic rings. The zero-order chi connectivity index (χ0) is 23.7. The fourth-order valence-electron chi connectivity index (χ4n) is 3.78. The van der Waals surface area contributed by atoms with Crippen molar-refractivity contribution in [1.29, 1.82) is 0 Å². The van der Waals surface area contributed by atoms with Crippen molar-refractivity contribution in [1.82, 2.24) is 10.3 Å². The molecule has 1 aliphatic heterocycles. The van der Waals surface area contributed by atoms with Crippen LogP contribution in [-0.2, 0) is 9.53 Å². The average Bonchev–Trinajstić information content (AvgIpc) is 3.49. The van der Waals surface area contributed by atoms with Crippen molar-refractivity contribution in [3.8, 4) is 11.1 Å². The minimum absolute atomic E-state index is 0.141. The van der Waals surface area contributed by atoms with Crippen LogP contribution in [0.3, 0.4) is 0 Å². The standard InChI is InChI=1S/C25H19ClFN3O3S/c26-19-12-15(5-9-18(19)23(31)33-24(32)21-2-1-11-28-21)14-3-7-17(8-4-14)29-25-30-20-10-6-16(27)13-22(20)34-25/h3-10,12-13,21,28H,1-2,11H2,(H,29,30)/t21-/m0/s1. The normalized spacial score (nSPS) is 15.4. The van der Waals surface area contributed by atoms with Crippen LogP contribution < -0.4 is 10.6 Å². The lowest BCUT2D eigenvalue weighted by Gasteiger charge is -2.11. The van der Waals surface area contributed by atoms with Gasteiger partial charge in [-0.1, -0.05) is 41.1 Å². The van der Waals surface area contributed by atoms with Crippen molar-refractivity contribution in [2.24, 2.45) is 0 Å². The van der Waals surface area contributed by atoms with E-state index in [2.05, 4.69) is 15.6 Å². The summed E-state index contributed by atoms with van der Waals surface area (Å²) < 4.78 is 19.2. The molecule has 9 heteroatoms. The predicted octanol–water partition coefficient (Wildman–Crippen LogP) is 5.93. The number of esters is 2. The van der Waals surface area contributed by atoms with Crippen molar-refractivity contribution < 1.29 is 18.7 Å². The van der Waals surface area contributed by atoms with E-state index in [-0.39, 0.29) is 16.4 Å². The number of rotatable bonds is 5. The van der Waals surface area contributed by atoms with E-state index in [9.17, 15) is 14.0 Å². The minimum Gasteiger partial charge on any atom is -0.388 e. The van der Waals surface area contributed by atoms with Gasteiger partial charge in [-0.2, -0.15) is 0 Å². The Bertz CT molecular complexity index is 1380. The zero-order valence-corrected chi connectivity index (χ0v) is 19.4. The predicted molar refractivity (Wildman–Crippen MR) is 131 cm³/mol. The smallest absolute Gasteiger partial charge is 0.347 e. The average molecular weight is 496 g/mol. The molecule has 1 atom stereocenters. The Balaban J connectivity index is 1.27. The lowest BCUT2D eigenvalue weighted by Crippen LogP contribution is -2.33. The molecule has 0 unspecified atom stereocenters. The fourth-order valence-corrected chi connectivity index (χ4v) is 4.95. The lowest BCUT2D eigenvalue weighted by atomic mass is 10.0. The number of nitrogens with one attached hydrogen (secondary N) is 2. The van der Waals surface area contributed by atoms with Crippen molar-refractivity contribution in [2.45, 2.75) is 18.9 Å². The fraction of sp³-hybridized carbons (Fsp3) is 0.160. The summed E-state index contributed by atoms with van der Waals surface area (Å²) in [5.74, 6) is -1.63. The van der Waals surface area contributed by atoms with E-state index in [4.69, 9.17) is 16.3 Å². The molecular formula is C25H19ClFN3O3S. The number of anilines is 2. The molecule has 2 heterocycles. The summed E-state index contributed by atoms with van der Waals surface area (Å²) in [7, 11) is 0. The van der Waals surface area contributed by atoms with Crippen LogP contribution in [0.25, 0.3) is 21.3 Å². The van der Waals surface area contributed by atoms with Gasteiger partial charge in [-0.15, -0.1) is 0 Å². The third-order valence-electron chi connectivity index (χ3n) is 5.55. The molecular weight excluding hydrogens is 477 g/mol. The first-order valence-electron chi connectivity index (χ1n) is 10.7. The number of carbonyl (C=O) groups is 2. The number of halogens is 2. The van der Waals surface area contributed by atoms with Gasteiger partial charge in [0.05, 0.1) is 20.8 Å². The van der Waals surface area contributed by atoms with Gasteiger partial charge >= 0.3 is 11.9 Å². The van der Waals surface area contributed by atoms with Crippen LogP contribution in [0.1, 0.15) is 23.2 Å². The third-order valence-corrected chi connectivity index (χ3v) is 6.79. The Kier molecular flexibility index (Phi) is 6.28. The molecule has 172 valence electrons. The first-order valence-corrected chi connectivity index (χ1v) is 11.9. The number of benzene rings is 3. The van der Waals surface area contributed by atoms with E-state index in [1.54, 1.807) is 24.3 Å². The van der Waals surface area contributed by atoms with E-state index in [0.717, 1.165) is 40.0 Å². The Hall–Kier alpha value is -3.33. The van der Waals surface area contributed by atoms with Crippen LogP contribution in [0.2, 0.25) is 5.02 Å². The lowest BCUT2D eigenvalue weighted by molar-refractivity contribution is -0.139. The second-order valence-corrected chi connectivity index (χ2v) is 9.32. The van der Waals surface area contributed by atoms with Gasteiger partial charge in [0.1, 0.15) is 11.9 Å². The van der Waals surface area contributed by atoms with Crippen molar-refractivity contribution in [3.63, 3.8) is 0 Å². The number of hydrogen-bond donors (Lipinski definition) is 2. The maximum absolute atomic E-state index is 13.4. The number of carbonyl (C=O) groups excluding carboxylic acids is 2. The van der Waals surface area contributed by atoms with Gasteiger partial charge in [-0.3, -0.25) is 0 Å². The molecule has 0 aliphatic carbocycles. The SMILES string of the molecule is O=C(OC(=O)[C@@H]1CCCN1)c1ccc(-c2ccc(Nc3nc4ccc(F)cc4s3)cc2)cc1Cl. The van der Waals surface area contributed by atoms with Crippen LogP contribution in [0.4, 0.5) is 15.2 Å².